The van der Waals surface area contributed by atoms with Crippen molar-refractivity contribution in [2.24, 2.45) is 0 Å². The molecule has 0 rings (SSSR count). The van der Waals surface area contributed by atoms with Crippen LogP contribution in [0.2, 0.25) is 0 Å². The van der Waals surface area contributed by atoms with Crippen molar-refractivity contribution < 1.29 is 4.57 Å². The van der Waals surface area contributed by atoms with E-state index in [0.717, 1.165) is 0 Å². The largest absolute Gasteiger partial charge is 0.423 e. The van der Waals surface area contributed by atoms with Crippen LogP contribution in [0.15, 0.2) is 0 Å². The van der Waals surface area contributed by atoms with E-state index in [1.165, 1.54) is 0 Å². The van der Waals surface area contributed by atoms with E-state index < -0.39 is 7.15 Å². The molecule has 0 spiro atoms. The van der Waals surface area contributed by atoms with Gasteiger partial charge in [0.05, 0.1) is 0 Å². The summed E-state index contributed by atoms with van der Waals surface area (Å²) in [6.07, 6.45) is 0. The van der Waals surface area contributed by atoms with Gasteiger partial charge in [0, 0.05) is 7.05 Å². The van der Waals surface area contributed by atoms with Gasteiger partial charge in [-0.2, -0.15) is 0 Å². The van der Waals surface area contributed by atoms with Crippen LogP contribution in [0.3, 0.4) is 0 Å². The molecule has 4 heteroatoms. The predicted octanol–water partition coefficient (Wildman–Crippen LogP) is 0.410. The maximum absolute atomic E-state index is 9.66. The third-order valence-corrected chi connectivity index (χ3v) is 1.10. The van der Waals surface area contributed by atoms with E-state index in [0.29, 0.717) is 0 Å². The van der Waals surface area contributed by atoms with Crippen molar-refractivity contribution in [1.82, 2.24) is 5.09 Å². The van der Waals surface area contributed by atoms with Crippen LogP contribution in [0.5, 0.6) is 0 Å². The first-order chi connectivity index (χ1) is 2.27. The SMILES string of the molecule is CN[P+](=O)[S-]. The molecule has 0 aliphatic heterocycles. The molecule has 5 heavy (non-hydrogen) atoms. The molecule has 0 radical (unpaired) electrons. The predicted molar refractivity (Wildman–Crippen MR) is 24.0 cm³/mol. The molecule has 0 aromatic rings. The van der Waals surface area contributed by atoms with Crippen LogP contribution in [0.1, 0.15) is 0 Å². The Morgan fingerprint density at radius 3 is 2.20 bits per heavy atom. The van der Waals surface area contributed by atoms with Gasteiger partial charge in [0.25, 0.3) is 7.15 Å². The molecule has 0 bridgehead atoms. The molecule has 1 N–H and O–H groups in total. The zero-order valence-electron chi connectivity index (χ0n) is 2.76. The highest BCUT2D eigenvalue weighted by Crippen LogP contribution is 2.03. The summed E-state index contributed by atoms with van der Waals surface area (Å²) in [6, 6.07) is 0. The lowest BCUT2D eigenvalue weighted by Gasteiger charge is -1.73. The molecule has 0 saturated carbocycles. The highest BCUT2D eigenvalue weighted by Gasteiger charge is 1.77. The van der Waals surface area contributed by atoms with E-state index in [9.17, 15) is 4.57 Å². The summed E-state index contributed by atoms with van der Waals surface area (Å²) in [4.78, 5) is 0. The molecule has 0 aliphatic carbocycles. The maximum atomic E-state index is 9.66. The molecule has 0 amide bonds. The Bertz CT molecular complexity index is 46.9. The highest BCUT2D eigenvalue weighted by molar-refractivity contribution is 8.27. The first-order valence-corrected chi connectivity index (χ1v) is 3.36. The van der Waals surface area contributed by atoms with Crippen LogP contribution >= 0.6 is 7.15 Å². The zero-order chi connectivity index (χ0) is 4.28. The average Bonchev–Trinajstić information content (AvgIpc) is 1.38. The molecule has 30 valence electrons. The van der Waals surface area contributed by atoms with Gasteiger partial charge in [-0.15, -0.1) is 5.09 Å². The summed E-state index contributed by atoms with van der Waals surface area (Å²) in [7, 11) is 0.0463. The summed E-state index contributed by atoms with van der Waals surface area (Å²) in [5, 5.41) is 2.35. The van der Waals surface area contributed by atoms with Crippen molar-refractivity contribution in [1.29, 1.82) is 0 Å². The monoisotopic (exact) mass is 109 g/mol. The van der Waals surface area contributed by atoms with E-state index >= 15 is 0 Å². The summed E-state index contributed by atoms with van der Waals surface area (Å²) in [5.41, 5.74) is 0. The third kappa shape index (κ3) is 4.41. The van der Waals surface area contributed by atoms with E-state index in [2.05, 4.69) is 17.3 Å². The number of hydrogen-bond donors (Lipinski definition) is 1. The van der Waals surface area contributed by atoms with E-state index in [-0.39, 0.29) is 0 Å². The Hall–Kier alpha value is 0.410. The zero-order valence-corrected chi connectivity index (χ0v) is 4.47. The van der Waals surface area contributed by atoms with Gasteiger partial charge in [0.15, 0.2) is 0 Å². The smallest absolute Gasteiger partial charge is 0.297 e. The van der Waals surface area contributed by atoms with Crippen molar-refractivity contribution in [3.8, 4) is 0 Å². The van der Waals surface area contributed by atoms with Gasteiger partial charge in [-0.3, -0.25) is 0 Å². The lowest BCUT2D eigenvalue weighted by Crippen LogP contribution is -1.85. The van der Waals surface area contributed by atoms with E-state index in [1.54, 1.807) is 7.05 Å². The molecule has 2 nitrogen and oxygen atoms in total. The minimum absolute atomic E-state index is 1.51. The lowest BCUT2D eigenvalue weighted by atomic mass is 11.6. The standard InChI is InChI=1S/CH4NOPS/c1-2-4(3)5/h1H3,(H,2,3,5). The Kier molecular flexibility index (Phi) is 2.85. The van der Waals surface area contributed by atoms with Crippen molar-refractivity contribution in [2.45, 2.75) is 0 Å². The van der Waals surface area contributed by atoms with Crippen molar-refractivity contribution >= 4 is 19.4 Å². The van der Waals surface area contributed by atoms with Crippen molar-refractivity contribution in [3.63, 3.8) is 0 Å². The summed E-state index contributed by atoms with van der Waals surface area (Å²) >= 11 is 4.18. The van der Waals surface area contributed by atoms with Gasteiger partial charge in [-0.25, -0.2) is 0 Å². The van der Waals surface area contributed by atoms with Gasteiger partial charge in [0.2, 0.25) is 0 Å². The van der Waals surface area contributed by atoms with Crippen LogP contribution in [-0.2, 0) is 16.8 Å². The molecule has 0 aromatic heterocycles. The Balaban J connectivity index is 2.85. The van der Waals surface area contributed by atoms with E-state index in [4.69, 9.17) is 0 Å². The van der Waals surface area contributed by atoms with Crippen LogP contribution in [0, 0.1) is 0 Å². The Labute approximate surface area is 37.0 Å². The Morgan fingerprint density at radius 2 is 2.20 bits per heavy atom. The van der Waals surface area contributed by atoms with Crippen LogP contribution < -0.4 is 5.09 Å². The fourth-order valence-electron chi connectivity index (χ4n) is 0. The van der Waals surface area contributed by atoms with Crippen molar-refractivity contribution in [2.75, 3.05) is 7.05 Å². The third-order valence-electron chi connectivity index (χ3n) is 0.183. The molecule has 1 atom stereocenters. The molecule has 0 aliphatic rings. The van der Waals surface area contributed by atoms with Crippen molar-refractivity contribution in [3.05, 3.63) is 0 Å². The molecule has 0 aromatic carbocycles. The first-order valence-electron chi connectivity index (χ1n) is 1.09. The molecule has 0 saturated heterocycles. The summed E-state index contributed by atoms with van der Waals surface area (Å²) in [5.74, 6) is 0. The number of nitrogens with one attached hydrogen (secondary N) is 1. The average molecular weight is 109 g/mol. The van der Waals surface area contributed by atoms with Crippen LogP contribution in [0.25, 0.3) is 0 Å². The summed E-state index contributed by atoms with van der Waals surface area (Å²) < 4.78 is 9.66. The molecule has 0 fully saturated rings. The molecule has 1 unspecified atom stereocenters. The Morgan fingerprint density at radius 1 is 2.00 bits per heavy atom. The second-order valence-corrected chi connectivity index (χ2v) is 2.44. The fraction of sp³-hybridized carbons (Fsp3) is 1.00. The minimum Gasteiger partial charge on any atom is -0.423 e. The second-order valence-electron chi connectivity index (χ2n) is 0.481. The van der Waals surface area contributed by atoms with Gasteiger partial charge < -0.3 is 12.2 Å². The lowest BCUT2D eigenvalue weighted by molar-refractivity contribution is 0.592. The highest BCUT2D eigenvalue weighted by atomic mass is 32.7. The van der Waals surface area contributed by atoms with Crippen LogP contribution in [-0.4, -0.2) is 7.05 Å². The maximum Gasteiger partial charge on any atom is 0.297 e. The molecule has 0 heterocycles. The van der Waals surface area contributed by atoms with E-state index in [1.807, 2.05) is 0 Å². The quantitative estimate of drug-likeness (QED) is 0.390. The second kappa shape index (κ2) is 2.64. The number of hydrogen-bond acceptors (Lipinski definition) is 2. The fourth-order valence-corrected chi connectivity index (χ4v) is 0. The molecular formula is CH4NOPS. The minimum atomic E-state index is -1.51. The summed E-state index contributed by atoms with van der Waals surface area (Å²) in [6.45, 7) is 0. The molecular weight excluding hydrogens is 105 g/mol. The van der Waals surface area contributed by atoms with Gasteiger partial charge in [0.1, 0.15) is 0 Å². The van der Waals surface area contributed by atoms with Gasteiger partial charge in [-0.1, -0.05) is 4.57 Å². The first kappa shape index (κ1) is 5.41. The topological polar surface area (TPSA) is 29.1 Å². The van der Waals surface area contributed by atoms with Gasteiger partial charge >= 0.3 is 0 Å². The van der Waals surface area contributed by atoms with Gasteiger partial charge in [-0.05, 0) is 0 Å². The number of rotatable bonds is 1. The normalized spacial score (nSPS) is 11.2. The van der Waals surface area contributed by atoms with Crippen LogP contribution in [0.4, 0.5) is 0 Å².